The van der Waals surface area contributed by atoms with Crippen molar-refractivity contribution in [1.29, 1.82) is 0 Å². The van der Waals surface area contributed by atoms with Gasteiger partial charge in [0.15, 0.2) is 17.5 Å². The molecule has 1 saturated heterocycles. The van der Waals surface area contributed by atoms with E-state index >= 15 is 0 Å². The smallest absolute Gasteiger partial charge is 0.191 e. The van der Waals surface area contributed by atoms with Crippen LogP contribution in [0.2, 0.25) is 0 Å². The topological polar surface area (TPSA) is 58.1 Å². The molecular formula is C20H35IN4O2. The average Bonchev–Trinajstić information content (AvgIpc) is 3.00. The molecule has 7 heteroatoms. The fourth-order valence-corrected chi connectivity index (χ4v) is 3.35. The summed E-state index contributed by atoms with van der Waals surface area (Å²) >= 11 is 0. The van der Waals surface area contributed by atoms with Gasteiger partial charge in [0.1, 0.15) is 0 Å². The Morgan fingerprint density at radius 2 is 2.00 bits per heavy atom. The van der Waals surface area contributed by atoms with Gasteiger partial charge in [-0.1, -0.05) is 19.1 Å². The van der Waals surface area contributed by atoms with Crippen molar-refractivity contribution in [3.05, 3.63) is 23.8 Å². The van der Waals surface area contributed by atoms with Crippen LogP contribution in [-0.2, 0) is 6.54 Å². The average molecular weight is 490 g/mol. The van der Waals surface area contributed by atoms with Gasteiger partial charge in [-0.15, -0.1) is 24.0 Å². The first kappa shape index (κ1) is 23.8. The third-order valence-corrected chi connectivity index (χ3v) is 4.93. The van der Waals surface area contributed by atoms with E-state index in [0.29, 0.717) is 24.5 Å². The maximum atomic E-state index is 5.51. The van der Waals surface area contributed by atoms with Gasteiger partial charge in [-0.05, 0) is 32.8 Å². The molecule has 6 nitrogen and oxygen atoms in total. The van der Waals surface area contributed by atoms with Gasteiger partial charge in [0.25, 0.3) is 0 Å². The summed E-state index contributed by atoms with van der Waals surface area (Å²) in [7, 11) is 3.31. The molecule has 1 aliphatic heterocycles. The number of guanidine groups is 1. The van der Waals surface area contributed by atoms with Crippen LogP contribution in [0.1, 0.15) is 33.3 Å². The number of nitrogens with one attached hydrogen (secondary N) is 2. The van der Waals surface area contributed by atoms with E-state index in [2.05, 4.69) is 43.2 Å². The quantitative estimate of drug-likeness (QED) is 0.350. The summed E-state index contributed by atoms with van der Waals surface area (Å²) in [5.74, 6) is 2.91. The molecule has 0 saturated carbocycles. The predicted molar refractivity (Wildman–Crippen MR) is 123 cm³/mol. The summed E-state index contributed by atoms with van der Waals surface area (Å²) in [6.07, 6.45) is 0. The molecule has 2 rings (SSSR count). The standard InChI is InChI=1S/C20H34N4O2.HI/c1-7-21-20(23-17-13-24(14(2)3)12-15(17)4)22-11-16-9-8-10-18(25-5)19(16)26-6;/h8-10,14-15,17H,7,11-13H2,1-6H3,(H2,21,22,23);1H. The monoisotopic (exact) mass is 490 g/mol. The molecule has 1 heterocycles. The molecule has 0 aromatic heterocycles. The summed E-state index contributed by atoms with van der Waals surface area (Å²) in [5, 5.41) is 6.97. The van der Waals surface area contributed by atoms with Gasteiger partial charge in [0, 0.05) is 37.3 Å². The molecule has 0 spiro atoms. The predicted octanol–water partition coefficient (Wildman–Crippen LogP) is 3.11. The van der Waals surface area contributed by atoms with Crippen molar-refractivity contribution < 1.29 is 9.47 Å². The molecule has 2 unspecified atom stereocenters. The number of para-hydroxylation sites is 1. The van der Waals surface area contributed by atoms with Crippen LogP contribution in [0.5, 0.6) is 11.5 Å². The molecule has 154 valence electrons. The number of halogens is 1. The van der Waals surface area contributed by atoms with Crippen molar-refractivity contribution in [2.45, 2.75) is 46.3 Å². The van der Waals surface area contributed by atoms with Crippen LogP contribution in [0.15, 0.2) is 23.2 Å². The number of methoxy groups -OCH3 is 2. The third-order valence-electron chi connectivity index (χ3n) is 4.93. The molecule has 0 amide bonds. The minimum atomic E-state index is 0. The second kappa shape index (κ2) is 11.6. The number of benzene rings is 1. The second-order valence-electron chi connectivity index (χ2n) is 7.12. The molecule has 0 aliphatic carbocycles. The lowest BCUT2D eigenvalue weighted by Crippen LogP contribution is -2.46. The van der Waals surface area contributed by atoms with Crippen molar-refractivity contribution in [2.75, 3.05) is 33.9 Å². The number of likely N-dealkylation sites (tertiary alicyclic amines) is 1. The van der Waals surface area contributed by atoms with Gasteiger partial charge in [-0.2, -0.15) is 0 Å². The molecule has 0 radical (unpaired) electrons. The van der Waals surface area contributed by atoms with E-state index in [0.717, 1.165) is 42.7 Å². The highest BCUT2D eigenvalue weighted by Crippen LogP contribution is 2.31. The number of hydrogen-bond donors (Lipinski definition) is 2. The molecule has 1 aromatic carbocycles. The number of hydrogen-bond acceptors (Lipinski definition) is 4. The Morgan fingerprint density at radius 3 is 2.56 bits per heavy atom. The SMILES string of the molecule is CCNC(=NCc1cccc(OC)c1OC)NC1CN(C(C)C)CC1C.I. The fourth-order valence-electron chi connectivity index (χ4n) is 3.35. The highest BCUT2D eigenvalue weighted by molar-refractivity contribution is 14.0. The van der Waals surface area contributed by atoms with E-state index in [9.17, 15) is 0 Å². The zero-order valence-electron chi connectivity index (χ0n) is 17.4. The van der Waals surface area contributed by atoms with Crippen LogP contribution in [-0.4, -0.2) is 56.8 Å². The summed E-state index contributed by atoms with van der Waals surface area (Å²) in [6, 6.07) is 6.86. The second-order valence-corrected chi connectivity index (χ2v) is 7.12. The zero-order valence-corrected chi connectivity index (χ0v) is 19.7. The first-order chi connectivity index (χ1) is 12.5. The van der Waals surface area contributed by atoms with E-state index in [-0.39, 0.29) is 24.0 Å². The first-order valence-electron chi connectivity index (χ1n) is 9.48. The molecule has 1 aromatic rings. The fraction of sp³-hybridized carbons (Fsp3) is 0.650. The van der Waals surface area contributed by atoms with E-state index < -0.39 is 0 Å². The number of nitrogens with zero attached hydrogens (tertiary/aromatic N) is 2. The molecular weight excluding hydrogens is 455 g/mol. The van der Waals surface area contributed by atoms with E-state index in [1.165, 1.54) is 0 Å². The third kappa shape index (κ3) is 6.41. The van der Waals surface area contributed by atoms with Crippen molar-refractivity contribution >= 4 is 29.9 Å². The number of ether oxygens (including phenoxy) is 2. The maximum Gasteiger partial charge on any atom is 0.191 e. The minimum absolute atomic E-state index is 0. The Kier molecular flexibility index (Phi) is 10.2. The molecule has 1 aliphatic rings. The normalized spacial score (nSPS) is 20.3. The van der Waals surface area contributed by atoms with Crippen LogP contribution < -0.4 is 20.1 Å². The number of rotatable bonds is 7. The van der Waals surface area contributed by atoms with Crippen molar-refractivity contribution in [3.8, 4) is 11.5 Å². The maximum absolute atomic E-state index is 5.51. The Hall–Kier alpha value is -1.22. The lowest BCUT2D eigenvalue weighted by atomic mass is 10.1. The van der Waals surface area contributed by atoms with Gasteiger partial charge in [0.05, 0.1) is 20.8 Å². The van der Waals surface area contributed by atoms with Crippen LogP contribution in [0, 0.1) is 5.92 Å². The van der Waals surface area contributed by atoms with Gasteiger partial charge < -0.3 is 20.1 Å². The zero-order chi connectivity index (χ0) is 19.1. The highest BCUT2D eigenvalue weighted by Gasteiger charge is 2.31. The summed E-state index contributed by atoms with van der Waals surface area (Å²) in [6.45, 7) is 12.4. The van der Waals surface area contributed by atoms with E-state index in [1.807, 2.05) is 18.2 Å². The van der Waals surface area contributed by atoms with Crippen LogP contribution in [0.25, 0.3) is 0 Å². The van der Waals surface area contributed by atoms with Crippen molar-refractivity contribution in [1.82, 2.24) is 15.5 Å². The Labute approximate surface area is 181 Å². The van der Waals surface area contributed by atoms with Crippen LogP contribution in [0.3, 0.4) is 0 Å². The van der Waals surface area contributed by atoms with Gasteiger partial charge in [-0.25, -0.2) is 4.99 Å². The summed E-state index contributed by atoms with van der Waals surface area (Å²) < 4.78 is 10.9. The van der Waals surface area contributed by atoms with Crippen molar-refractivity contribution in [2.24, 2.45) is 10.9 Å². The van der Waals surface area contributed by atoms with Gasteiger partial charge in [0.2, 0.25) is 0 Å². The lowest BCUT2D eigenvalue weighted by Gasteiger charge is -2.22. The van der Waals surface area contributed by atoms with Gasteiger partial charge >= 0.3 is 0 Å². The minimum Gasteiger partial charge on any atom is -0.493 e. The summed E-state index contributed by atoms with van der Waals surface area (Å²) in [4.78, 5) is 7.29. The molecule has 2 atom stereocenters. The van der Waals surface area contributed by atoms with Gasteiger partial charge in [-0.3, -0.25) is 4.90 Å². The Balaban J connectivity index is 0.00000364. The van der Waals surface area contributed by atoms with Crippen LogP contribution in [0.4, 0.5) is 0 Å². The molecule has 0 bridgehead atoms. The molecule has 1 fully saturated rings. The largest absolute Gasteiger partial charge is 0.493 e. The first-order valence-corrected chi connectivity index (χ1v) is 9.48. The number of aliphatic imine (C=N–C) groups is 1. The van der Waals surface area contributed by atoms with Crippen molar-refractivity contribution in [3.63, 3.8) is 0 Å². The molecule has 2 N–H and O–H groups in total. The highest BCUT2D eigenvalue weighted by atomic mass is 127. The van der Waals surface area contributed by atoms with E-state index in [4.69, 9.17) is 14.5 Å². The molecule has 27 heavy (non-hydrogen) atoms. The lowest BCUT2D eigenvalue weighted by molar-refractivity contribution is 0.265. The Morgan fingerprint density at radius 1 is 1.26 bits per heavy atom. The Bertz CT molecular complexity index is 610. The van der Waals surface area contributed by atoms with E-state index in [1.54, 1.807) is 14.2 Å². The van der Waals surface area contributed by atoms with Crippen LogP contribution >= 0.6 is 24.0 Å². The summed E-state index contributed by atoms with van der Waals surface area (Å²) in [5.41, 5.74) is 1.01.